The fourth-order valence-corrected chi connectivity index (χ4v) is 1.81. The number of Topliss-reactive ketones (excluding diaryl/α,β-unsaturated/α-hetero) is 1. The maximum atomic E-state index is 11.8. The molecule has 0 aliphatic carbocycles. The van der Waals surface area contributed by atoms with Crippen molar-refractivity contribution < 1.29 is 9.59 Å². The Morgan fingerprint density at radius 2 is 1.67 bits per heavy atom. The van der Waals surface area contributed by atoms with Crippen LogP contribution in [0.15, 0.2) is 24.3 Å². The van der Waals surface area contributed by atoms with Gasteiger partial charge in [-0.3, -0.25) is 9.59 Å². The topological polar surface area (TPSA) is 46.2 Å². The highest BCUT2D eigenvalue weighted by Gasteiger charge is 2.15. The normalized spacial score (nSPS) is 10.4. The van der Waals surface area contributed by atoms with E-state index < -0.39 is 0 Å². The van der Waals surface area contributed by atoms with Crippen molar-refractivity contribution in [2.75, 3.05) is 6.54 Å². The lowest BCUT2D eigenvalue weighted by Gasteiger charge is -2.12. The van der Waals surface area contributed by atoms with Gasteiger partial charge in [0.25, 0.3) is 0 Å². The first-order valence-corrected chi connectivity index (χ1v) is 6.46. The number of nitrogens with one attached hydrogen (secondary N) is 1. The Hall–Kier alpha value is -1.64. The molecule has 0 radical (unpaired) electrons. The number of amides is 1. The Morgan fingerprint density at radius 1 is 1.11 bits per heavy atom. The maximum absolute atomic E-state index is 11.8. The van der Waals surface area contributed by atoms with Gasteiger partial charge in [0.05, 0.1) is 6.54 Å². The van der Waals surface area contributed by atoms with Crippen LogP contribution in [0.4, 0.5) is 0 Å². The summed E-state index contributed by atoms with van der Waals surface area (Å²) in [7, 11) is 0. The first-order chi connectivity index (χ1) is 8.58. The van der Waals surface area contributed by atoms with Crippen LogP contribution in [0.2, 0.25) is 0 Å². The van der Waals surface area contributed by atoms with Gasteiger partial charge >= 0.3 is 0 Å². The van der Waals surface area contributed by atoms with E-state index in [9.17, 15) is 9.59 Å². The molecule has 1 rings (SSSR count). The van der Waals surface area contributed by atoms with Crippen LogP contribution in [-0.4, -0.2) is 18.2 Å². The van der Waals surface area contributed by atoms with E-state index in [1.165, 1.54) is 0 Å². The monoisotopic (exact) mass is 247 g/mol. The summed E-state index contributed by atoms with van der Waals surface area (Å²) in [5, 5.41) is 2.71. The Kier molecular flexibility index (Phi) is 5.56. The predicted octanol–water partition coefficient (Wildman–Crippen LogP) is 2.73. The van der Waals surface area contributed by atoms with Crippen LogP contribution in [0.25, 0.3) is 0 Å². The molecule has 0 fully saturated rings. The Bertz CT molecular complexity index is 405. The molecule has 0 aliphatic rings. The summed E-state index contributed by atoms with van der Waals surface area (Å²) in [5.41, 5.74) is 1.76. The van der Waals surface area contributed by atoms with Crippen LogP contribution in [0, 0.1) is 12.8 Å². The molecule has 0 aromatic heterocycles. The average Bonchev–Trinajstić information content (AvgIpc) is 2.38. The molecule has 3 nitrogen and oxygen atoms in total. The maximum Gasteiger partial charge on any atom is 0.223 e. The first kappa shape index (κ1) is 14.4. The molecular weight excluding hydrogens is 226 g/mol. The third kappa shape index (κ3) is 3.99. The third-order valence-corrected chi connectivity index (χ3v) is 3.15. The van der Waals surface area contributed by atoms with Crippen LogP contribution >= 0.6 is 0 Å². The van der Waals surface area contributed by atoms with Gasteiger partial charge in [-0.1, -0.05) is 43.7 Å². The van der Waals surface area contributed by atoms with E-state index >= 15 is 0 Å². The fraction of sp³-hybridized carbons (Fsp3) is 0.467. The van der Waals surface area contributed by atoms with Gasteiger partial charge in [0.2, 0.25) is 5.91 Å². The van der Waals surface area contributed by atoms with Gasteiger partial charge in [0, 0.05) is 11.5 Å². The average molecular weight is 247 g/mol. The van der Waals surface area contributed by atoms with Crippen molar-refractivity contribution >= 4 is 11.7 Å². The summed E-state index contributed by atoms with van der Waals surface area (Å²) in [5.74, 6) is -0.0643. The second-order valence-corrected chi connectivity index (χ2v) is 4.52. The van der Waals surface area contributed by atoms with Gasteiger partial charge in [-0.05, 0) is 19.8 Å². The summed E-state index contributed by atoms with van der Waals surface area (Å²) in [6.07, 6.45) is 1.61. The second-order valence-electron chi connectivity index (χ2n) is 4.52. The number of rotatable bonds is 6. The molecule has 0 unspecified atom stereocenters. The number of hydrogen-bond acceptors (Lipinski definition) is 2. The number of ketones is 1. The largest absolute Gasteiger partial charge is 0.348 e. The van der Waals surface area contributed by atoms with E-state index in [2.05, 4.69) is 5.32 Å². The standard InChI is InChI=1S/C15H21NO2/c1-4-12(5-2)15(18)16-10-14(17)13-8-6-11(3)7-9-13/h6-9,12H,4-5,10H2,1-3H3,(H,16,18). The molecule has 1 aromatic carbocycles. The summed E-state index contributed by atoms with van der Waals surface area (Å²) in [6, 6.07) is 7.38. The zero-order valence-electron chi connectivity index (χ0n) is 11.3. The molecule has 0 atom stereocenters. The van der Waals surface area contributed by atoms with E-state index in [-0.39, 0.29) is 24.2 Å². The van der Waals surface area contributed by atoms with Crippen molar-refractivity contribution in [1.29, 1.82) is 0 Å². The third-order valence-electron chi connectivity index (χ3n) is 3.15. The minimum absolute atomic E-state index is 0.0100. The second kappa shape index (κ2) is 6.94. The van der Waals surface area contributed by atoms with Crippen molar-refractivity contribution in [3.8, 4) is 0 Å². The molecule has 98 valence electrons. The quantitative estimate of drug-likeness (QED) is 0.786. The lowest BCUT2D eigenvalue weighted by Crippen LogP contribution is -2.34. The Labute approximate surface area is 109 Å². The first-order valence-electron chi connectivity index (χ1n) is 6.46. The predicted molar refractivity (Wildman–Crippen MR) is 72.6 cm³/mol. The molecule has 0 spiro atoms. The summed E-state index contributed by atoms with van der Waals surface area (Å²) >= 11 is 0. The molecule has 18 heavy (non-hydrogen) atoms. The highest BCUT2D eigenvalue weighted by Crippen LogP contribution is 2.07. The molecule has 0 aliphatic heterocycles. The highest BCUT2D eigenvalue weighted by atomic mass is 16.2. The molecule has 0 bridgehead atoms. The lowest BCUT2D eigenvalue weighted by atomic mass is 10.0. The highest BCUT2D eigenvalue weighted by molar-refractivity contribution is 5.99. The van der Waals surface area contributed by atoms with Crippen LogP contribution in [-0.2, 0) is 4.79 Å². The van der Waals surface area contributed by atoms with Crippen LogP contribution < -0.4 is 5.32 Å². The van der Waals surface area contributed by atoms with Crippen LogP contribution in [0.3, 0.4) is 0 Å². The van der Waals surface area contributed by atoms with Crippen molar-refractivity contribution in [3.05, 3.63) is 35.4 Å². The molecule has 1 amide bonds. The smallest absolute Gasteiger partial charge is 0.223 e. The van der Waals surface area contributed by atoms with Gasteiger partial charge in [-0.15, -0.1) is 0 Å². The fourth-order valence-electron chi connectivity index (χ4n) is 1.81. The van der Waals surface area contributed by atoms with Gasteiger partial charge < -0.3 is 5.32 Å². The van der Waals surface area contributed by atoms with Crippen LogP contribution in [0.5, 0.6) is 0 Å². The van der Waals surface area contributed by atoms with Gasteiger partial charge in [-0.2, -0.15) is 0 Å². The summed E-state index contributed by atoms with van der Waals surface area (Å²) in [6.45, 7) is 6.02. The number of hydrogen-bond donors (Lipinski definition) is 1. The van der Waals surface area contributed by atoms with Gasteiger partial charge in [0.1, 0.15) is 0 Å². The van der Waals surface area contributed by atoms with Gasteiger partial charge in [-0.25, -0.2) is 0 Å². The molecule has 1 aromatic rings. The molecule has 0 saturated carbocycles. The van der Waals surface area contributed by atoms with Gasteiger partial charge in [0.15, 0.2) is 5.78 Å². The number of carbonyl (C=O) groups excluding carboxylic acids is 2. The summed E-state index contributed by atoms with van der Waals surface area (Å²) < 4.78 is 0. The van der Waals surface area contributed by atoms with E-state index in [4.69, 9.17) is 0 Å². The number of carbonyl (C=O) groups is 2. The van der Waals surface area contributed by atoms with Crippen molar-refractivity contribution in [3.63, 3.8) is 0 Å². The minimum Gasteiger partial charge on any atom is -0.348 e. The Balaban J connectivity index is 2.51. The number of aryl methyl sites for hydroxylation is 1. The van der Waals surface area contributed by atoms with E-state index in [1.54, 1.807) is 12.1 Å². The zero-order valence-corrected chi connectivity index (χ0v) is 11.3. The molecule has 0 heterocycles. The van der Waals surface area contributed by atoms with E-state index in [1.807, 2.05) is 32.9 Å². The van der Waals surface area contributed by atoms with Crippen LogP contribution in [0.1, 0.15) is 42.6 Å². The summed E-state index contributed by atoms with van der Waals surface area (Å²) in [4.78, 5) is 23.6. The molecule has 0 saturated heterocycles. The molecular formula is C15H21NO2. The van der Waals surface area contributed by atoms with Crippen molar-refractivity contribution in [1.82, 2.24) is 5.32 Å². The number of benzene rings is 1. The van der Waals surface area contributed by atoms with E-state index in [0.717, 1.165) is 18.4 Å². The lowest BCUT2D eigenvalue weighted by molar-refractivity contribution is -0.125. The zero-order chi connectivity index (χ0) is 13.5. The van der Waals surface area contributed by atoms with Crippen molar-refractivity contribution in [2.45, 2.75) is 33.6 Å². The van der Waals surface area contributed by atoms with E-state index in [0.29, 0.717) is 5.56 Å². The van der Waals surface area contributed by atoms with Crippen molar-refractivity contribution in [2.24, 2.45) is 5.92 Å². The molecule has 1 N–H and O–H groups in total. The molecule has 3 heteroatoms. The Morgan fingerprint density at radius 3 is 2.17 bits per heavy atom. The minimum atomic E-state index is -0.0469. The SMILES string of the molecule is CCC(CC)C(=O)NCC(=O)c1ccc(C)cc1.